The number of aromatic hydroxyl groups is 1. The van der Waals surface area contributed by atoms with Crippen LogP contribution in [-0.2, 0) is 4.74 Å². The molecular weight excluding hydrogens is 244 g/mol. The Balaban J connectivity index is 2.08. The third kappa shape index (κ3) is 7.31. The molecule has 0 saturated heterocycles. The van der Waals surface area contributed by atoms with Gasteiger partial charge in [-0.15, -0.1) is 0 Å². The van der Waals surface area contributed by atoms with Crippen molar-refractivity contribution in [3.63, 3.8) is 0 Å². The lowest BCUT2D eigenvalue weighted by molar-refractivity contribution is 0.129. The second-order valence-electron chi connectivity index (χ2n) is 4.25. The van der Waals surface area contributed by atoms with Crippen molar-refractivity contribution in [2.45, 2.75) is 26.2 Å². The number of hydrogen-bond donors (Lipinski definition) is 3. The summed E-state index contributed by atoms with van der Waals surface area (Å²) in [6.45, 7) is 4.13. The Morgan fingerprint density at radius 1 is 1.32 bits per heavy atom. The van der Waals surface area contributed by atoms with E-state index < -0.39 is 0 Å². The first-order chi connectivity index (χ1) is 9.22. The van der Waals surface area contributed by atoms with Crippen molar-refractivity contribution in [3.05, 3.63) is 24.3 Å². The van der Waals surface area contributed by atoms with Crippen LogP contribution < -0.4 is 10.6 Å². The molecule has 0 saturated carbocycles. The normalized spacial score (nSPS) is 10.2. The highest BCUT2D eigenvalue weighted by molar-refractivity contribution is 5.89. The van der Waals surface area contributed by atoms with Gasteiger partial charge in [0.15, 0.2) is 0 Å². The van der Waals surface area contributed by atoms with Gasteiger partial charge in [-0.05, 0) is 25.0 Å². The van der Waals surface area contributed by atoms with Gasteiger partial charge >= 0.3 is 6.03 Å². The lowest BCUT2D eigenvalue weighted by atomic mass is 10.3. The zero-order valence-electron chi connectivity index (χ0n) is 11.3. The fourth-order valence-corrected chi connectivity index (χ4v) is 1.48. The topological polar surface area (TPSA) is 70.6 Å². The maximum absolute atomic E-state index is 11.5. The van der Waals surface area contributed by atoms with E-state index in [-0.39, 0.29) is 11.8 Å². The number of phenolic OH excluding ortho intramolecular Hbond substituents is 1. The van der Waals surface area contributed by atoms with E-state index in [9.17, 15) is 9.90 Å². The zero-order valence-corrected chi connectivity index (χ0v) is 11.3. The fraction of sp³-hybridized carbons (Fsp3) is 0.500. The predicted octanol–water partition coefficient (Wildman–Crippen LogP) is 2.72. The monoisotopic (exact) mass is 266 g/mol. The Hall–Kier alpha value is -1.75. The molecule has 1 aromatic rings. The quantitative estimate of drug-likeness (QED) is 0.634. The molecule has 0 aliphatic carbocycles. The first-order valence-corrected chi connectivity index (χ1v) is 6.64. The van der Waals surface area contributed by atoms with E-state index in [1.807, 2.05) is 0 Å². The van der Waals surface area contributed by atoms with Crippen molar-refractivity contribution >= 4 is 11.7 Å². The summed E-state index contributed by atoms with van der Waals surface area (Å²) in [4.78, 5) is 11.5. The molecule has 0 heterocycles. The van der Waals surface area contributed by atoms with E-state index in [1.54, 1.807) is 18.2 Å². The molecule has 5 heteroatoms. The highest BCUT2D eigenvalue weighted by Gasteiger charge is 2.01. The summed E-state index contributed by atoms with van der Waals surface area (Å²) in [5.74, 6) is 0.127. The number of anilines is 1. The van der Waals surface area contributed by atoms with Crippen LogP contribution in [0.25, 0.3) is 0 Å². The summed E-state index contributed by atoms with van der Waals surface area (Å²) < 4.78 is 5.39. The summed E-state index contributed by atoms with van der Waals surface area (Å²) in [5, 5.41) is 14.6. The number of amides is 2. The largest absolute Gasteiger partial charge is 0.508 e. The van der Waals surface area contributed by atoms with Crippen LogP contribution in [0.5, 0.6) is 5.75 Å². The first-order valence-electron chi connectivity index (χ1n) is 6.64. The third-order valence-corrected chi connectivity index (χ3v) is 2.50. The Morgan fingerprint density at radius 3 is 2.84 bits per heavy atom. The molecule has 0 bridgehead atoms. The summed E-state index contributed by atoms with van der Waals surface area (Å²) in [7, 11) is 0. The minimum atomic E-state index is -0.279. The van der Waals surface area contributed by atoms with Gasteiger partial charge in [0.25, 0.3) is 0 Å². The van der Waals surface area contributed by atoms with E-state index in [4.69, 9.17) is 4.74 Å². The van der Waals surface area contributed by atoms with Gasteiger partial charge in [0.2, 0.25) is 0 Å². The minimum absolute atomic E-state index is 0.127. The molecule has 19 heavy (non-hydrogen) atoms. The molecule has 2 amide bonds. The predicted molar refractivity (Wildman–Crippen MR) is 75.5 cm³/mol. The van der Waals surface area contributed by atoms with Gasteiger partial charge in [-0.2, -0.15) is 0 Å². The SMILES string of the molecule is CCCCOCCCNC(=O)Nc1cccc(O)c1. The number of ether oxygens (including phenoxy) is 1. The number of unbranched alkanes of at least 4 members (excludes halogenated alkanes) is 1. The standard InChI is InChI=1S/C14H22N2O3/c1-2-3-9-19-10-5-8-15-14(18)16-12-6-4-7-13(17)11-12/h4,6-7,11,17H,2-3,5,8-10H2,1H3,(H2,15,16,18). The average molecular weight is 266 g/mol. The van der Waals surface area contributed by atoms with E-state index >= 15 is 0 Å². The van der Waals surface area contributed by atoms with E-state index in [0.29, 0.717) is 18.8 Å². The lowest BCUT2D eigenvalue weighted by Gasteiger charge is -2.08. The van der Waals surface area contributed by atoms with Gasteiger partial charge in [0.1, 0.15) is 5.75 Å². The molecule has 3 N–H and O–H groups in total. The van der Waals surface area contributed by atoms with Crippen LogP contribution in [0.15, 0.2) is 24.3 Å². The van der Waals surface area contributed by atoms with Crippen molar-refractivity contribution in [1.29, 1.82) is 0 Å². The molecule has 1 rings (SSSR count). The first kappa shape index (κ1) is 15.3. The second kappa shape index (κ2) is 9.22. The maximum Gasteiger partial charge on any atom is 0.319 e. The number of carbonyl (C=O) groups is 1. The number of nitrogens with one attached hydrogen (secondary N) is 2. The van der Waals surface area contributed by atoms with Gasteiger partial charge in [-0.1, -0.05) is 19.4 Å². The van der Waals surface area contributed by atoms with E-state index in [2.05, 4.69) is 17.6 Å². The van der Waals surface area contributed by atoms with Crippen LogP contribution in [0.2, 0.25) is 0 Å². The van der Waals surface area contributed by atoms with Crippen LogP contribution in [0.3, 0.4) is 0 Å². The number of phenols is 1. The second-order valence-corrected chi connectivity index (χ2v) is 4.25. The van der Waals surface area contributed by atoms with Gasteiger partial charge in [-0.3, -0.25) is 0 Å². The van der Waals surface area contributed by atoms with Crippen LogP contribution in [0.4, 0.5) is 10.5 Å². The minimum Gasteiger partial charge on any atom is -0.508 e. The number of benzene rings is 1. The summed E-state index contributed by atoms with van der Waals surface area (Å²) in [5.41, 5.74) is 0.566. The van der Waals surface area contributed by atoms with E-state index in [0.717, 1.165) is 25.9 Å². The van der Waals surface area contributed by atoms with E-state index in [1.165, 1.54) is 6.07 Å². The fourth-order valence-electron chi connectivity index (χ4n) is 1.48. The average Bonchev–Trinajstić information content (AvgIpc) is 2.37. The molecule has 0 atom stereocenters. The lowest BCUT2D eigenvalue weighted by Crippen LogP contribution is -2.30. The highest BCUT2D eigenvalue weighted by Crippen LogP contribution is 2.14. The van der Waals surface area contributed by atoms with Gasteiger partial charge < -0.3 is 20.5 Å². The van der Waals surface area contributed by atoms with Crippen LogP contribution in [0, 0.1) is 0 Å². The van der Waals surface area contributed by atoms with Gasteiger partial charge in [-0.25, -0.2) is 4.79 Å². The van der Waals surface area contributed by atoms with Crippen LogP contribution in [0.1, 0.15) is 26.2 Å². The zero-order chi connectivity index (χ0) is 13.9. The summed E-state index contributed by atoms with van der Waals surface area (Å²) in [6.07, 6.45) is 2.99. The molecule has 0 unspecified atom stereocenters. The molecule has 0 spiro atoms. The van der Waals surface area contributed by atoms with Crippen molar-refractivity contribution in [2.24, 2.45) is 0 Å². The molecule has 0 aliphatic rings. The van der Waals surface area contributed by atoms with Crippen molar-refractivity contribution in [2.75, 3.05) is 25.1 Å². The molecular formula is C14H22N2O3. The Morgan fingerprint density at radius 2 is 2.11 bits per heavy atom. The van der Waals surface area contributed by atoms with Crippen LogP contribution in [-0.4, -0.2) is 30.9 Å². The molecule has 5 nitrogen and oxygen atoms in total. The molecule has 0 fully saturated rings. The Bertz CT molecular complexity index is 383. The van der Waals surface area contributed by atoms with Crippen LogP contribution >= 0.6 is 0 Å². The van der Waals surface area contributed by atoms with Gasteiger partial charge in [0.05, 0.1) is 0 Å². The molecule has 0 aromatic heterocycles. The number of carbonyl (C=O) groups excluding carboxylic acids is 1. The van der Waals surface area contributed by atoms with Gasteiger partial charge in [0, 0.05) is 31.5 Å². The third-order valence-electron chi connectivity index (χ3n) is 2.50. The molecule has 1 aromatic carbocycles. The number of rotatable bonds is 8. The maximum atomic E-state index is 11.5. The number of hydrogen-bond acceptors (Lipinski definition) is 3. The highest BCUT2D eigenvalue weighted by atomic mass is 16.5. The number of urea groups is 1. The smallest absolute Gasteiger partial charge is 0.319 e. The molecule has 106 valence electrons. The van der Waals surface area contributed by atoms with Crippen molar-refractivity contribution in [1.82, 2.24) is 5.32 Å². The molecule has 0 radical (unpaired) electrons. The van der Waals surface area contributed by atoms with Crippen molar-refractivity contribution in [3.8, 4) is 5.75 Å². The summed E-state index contributed by atoms with van der Waals surface area (Å²) >= 11 is 0. The Kier molecular flexibility index (Phi) is 7.43. The van der Waals surface area contributed by atoms with Crippen molar-refractivity contribution < 1.29 is 14.6 Å². The summed E-state index contributed by atoms with van der Waals surface area (Å²) in [6, 6.07) is 6.16. The Labute approximate surface area is 114 Å². The molecule has 0 aliphatic heterocycles.